The Morgan fingerprint density at radius 3 is 2.03 bits per heavy atom. The van der Waals surface area contributed by atoms with Gasteiger partial charge in [0.05, 0.1) is 37.2 Å². The van der Waals surface area contributed by atoms with Crippen LogP contribution in [-0.2, 0) is 15.6 Å². The number of esters is 1. The van der Waals surface area contributed by atoms with Gasteiger partial charge in [-0.05, 0) is 70.7 Å². The Bertz CT molecular complexity index is 1360. The molecule has 5 rings (SSSR count). The van der Waals surface area contributed by atoms with Gasteiger partial charge in [-0.25, -0.2) is 4.79 Å². The van der Waals surface area contributed by atoms with Gasteiger partial charge >= 0.3 is 5.97 Å². The van der Waals surface area contributed by atoms with Crippen molar-refractivity contribution in [1.82, 2.24) is 0 Å². The van der Waals surface area contributed by atoms with Crippen molar-refractivity contribution in [3.8, 4) is 5.75 Å². The van der Waals surface area contributed by atoms with E-state index in [2.05, 4.69) is 88.0 Å². The van der Waals surface area contributed by atoms with Gasteiger partial charge in [-0.15, -0.1) is 0 Å². The Hall–Kier alpha value is -3.47. The van der Waals surface area contributed by atoms with Crippen LogP contribution in [0.25, 0.3) is 0 Å². The molecule has 0 amide bonds. The van der Waals surface area contributed by atoms with Crippen LogP contribution in [0.2, 0.25) is 0 Å². The fourth-order valence-electron chi connectivity index (χ4n) is 6.13. The molecule has 1 aliphatic heterocycles. The maximum Gasteiger partial charge on any atom is 0.337 e. The molecular weight excluding hydrogens is 460 g/mol. The molecule has 0 radical (unpaired) electrons. The minimum Gasteiger partial charge on any atom is -0.497 e. The van der Waals surface area contributed by atoms with Gasteiger partial charge in [0.1, 0.15) is 5.75 Å². The summed E-state index contributed by atoms with van der Waals surface area (Å²) in [6.45, 7) is 9.49. The number of methoxy groups -OCH3 is 2. The Labute approximate surface area is 221 Å². The summed E-state index contributed by atoms with van der Waals surface area (Å²) < 4.78 is 10.6. The van der Waals surface area contributed by atoms with E-state index >= 15 is 0 Å². The lowest BCUT2D eigenvalue weighted by Gasteiger charge is -2.43. The lowest BCUT2D eigenvalue weighted by molar-refractivity contribution is 0.0600. The Morgan fingerprint density at radius 2 is 1.43 bits per heavy atom. The SMILES string of the molecule is COC(=O)c1ccc(C2c3cc4c(cc3N(C)c3ccc(OC)cc3N2C)C(C)(C)CCC4(C)C)cc1. The molecule has 2 aliphatic rings. The van der Waals surface area contributed by atoms with E-state index in [-0.39, 0.29) is 22.8 Å². The zero-order valence-corrected chi connectivity index (χ0v) is 23.3. The molecule has 1 aliphatic carbocycles. The molecule has 1 atom stereocenters. The predicted octanol–water partition coefficient (Wildman–Crippen LogP) is 7.14. The molecular formula is C32H38N2O3. The van der Waals surface area contributed by atoms with Crippen LogP contribution in [0.4, 0.5) is 17.1 Å². The van der Waals surface area contributed by atoms with Crippen molar-refractivity contribution < 1.29 is 14.3 Å². The first-order chi connectivity index (χ1) is 17.5. The summed E-state index contributed by atoms with van der Waals surface area (Å²) in [6.07, 6.45) is 2.33. The fourth-order valence-corrected chi connectivity index (χ4v) is 6.13. The van der Waals surface area contributed by atoms with E-state index in [4.69, 9.17) is 9.47 Å². The van der Waals surface area contributed by atoms with Gasteiger partial charge in [-0.1, -0.05) is 45.9 Å². The number of nitrogens with zero attached hydrogens (tertiary/aromatic N) is 2. The van der Waals surface area contributed by atoms with Crippen LogP contribution in [0.15, 0.2) is 54.6 Å². The topological polar surface area (TPSA) is 42.0 Å². The molecule has 3 aromatic rings. The van der Waals surface area contributed by atoms with Crippen LogP contribution < -0.4 is 14.5 Å². The Balaban J connectivity index is 1.79. The third-order valence-electron chi connectivity index (χ3n) is 8.61. The van der Waals surface area contributed by atoms with Crippen molar-refractivity contribution in [3.05, 3.63) is 82.4 Å². The van der Waals surface area contributed by atoms with Crippen molar-refractivity contribution in [2.24, 2.45) is 0 Å². The van der Waals surface area contributed by atoms with Gasteiger partial charge < -0.3 is 19.3 Å². The van der Waals surface area contributed by atoms with Crippen molar-refractivity contribution >= 4 is 23.0 Å². The quantitative estimate of drug-likeness (QED) is 0.359. The molecule has 5 heteroatoms. The average molecular weight is 499 g/mol. The standard InChI is InChI=1S/C32H38N2O3/c1-31(2)15-16-32(3,4)25-19-27-23(18-24(25)31)29(20-9-11-21(12-10-20)30(35)37-8)34(6)28-17-22(36-7)13-14-26(28)33(27)5/h9-14,17-19,29H,15-16H2,1-8H3. The predicted molar refractivity (Wildman–Crippen MR) is 151 cm³/mol. The minimum absolute atomic E-state index is 0.0522. The summed E-state index contributed by atoms with van der Waals surface area (Å²) in [5.41, 5.74) is 9.44. The average Bonchev–Trinajstić information content (AvgIpc) is 2.98. The number of carbonyl (C=O) groups is 1. The van der Waals surface area contributed by atoms with E-state index in [0.29, 0.717) is 5.56 Å². The lowest BCUT2D eigenvalue weighted by Crippen LogP contribution is -2.35. The molecule has 0 N–H and O–H groups in total. The minimum atomic E-state index is -0.325. The van der Waals surface area contributed by atoms with Gasteiger partial charge in [0.15, 0.2) is 0 Å². The van der Waals surface area contributed by atoms with E-state index in [1.807, 2.05) is 18.2 Å². The number of ether oxygens (including phenoxy) is 2. The van der Waals surface area contributed by atoms with E-state index < -0.39 is 0 Å². The monoisotopic (exact) mass is 498 g/mol. The number of anilines is 3. The third kappa shape index (κ3) is 4.05. The zero-order valence-electron chi connectivity index (χ0n) is 23.3. The maximum absolute atomic E-state index is 12.1. The first-order valence-electron chi connectivity index (χ1n) is 13.0. The first-order valence-corrected chi connectivity index (χ1v) is 13.0. The van der Waals surface area contributed by atoms with Gasteiger partial charge in [-0.2, -0.15) is 0 Å². The zero-order chi connectivity index (χ0) is 26.7. The number of fused-ring (bicyclic) bond motifs is 3. The van der Waals surface area contributed by atoms with Crippen LogP contribution in [0.5, 0.6) is 5.75 Å². The summed E-state index contributed by atoms with van der Waals surface area (Å²) in [5.74, 6) is 0.500. The van der Waals surface area contributed by atoms with E-state index in [9.17, 15) is 4.79 Å². The molecule has 1 heterocycles. The van der Waals surface area contributed by atoms with E-state index in [0.717, 1.165) is 29.1 Å². The highest BCUT2D eigenvalue weighted by atomic mass is 16.5. The number of hydrogen-bond acceptors (Lipinski definition) is 5. The molecule has 0 aromatic heterocycles. The van der Waals surface area contributed by atoms with Crippen LogP contribution in [-0.4, -0.2) is 34.3 Å². The summed E-state index contributed by atoms with van der Waals surface area (Å²) in [7, 11) is 7.43. The Kier molecular flexibility index (Phi) is 6.01. The molecule has 0 saturated heterocycles. The van der Waals surface area contributed by atoms with Gasteiger partial charge in [0, 0.05) is 31.4 Å². The molecule has 1 unspecified atom stereocenters. The first kappa shape index (κ1) is 25.2. The van der Waals surface area contributed by atoms with Crippen molar-refractivity contribution in [3.63, 3.8) is 0 Å². The molecule has 0 spiro atoms. The van der Waals surface area contributed by atoms with Gasteiger partial charge in [0.2, 0.25) is 0 Å². The van der Waals surface area contributed by atoms with Crippen LogP contribution in [0, 0.1) is 0 Å². The van der Waals surface area contributed by atoms with Crippen LogP contribution >= 0.6 is 0 Å². The molecule has 194 valence electrons. The second-order valence-electron chi connectivity index (χ2n) is 11.8. The highest BCUT2D eigenvalue weighted by Gasteiger charge is 2.40. The number of benzene rings is 3. The molecule has 0 fully saturated rings. The van der Waals surface area contributed by atoms with Gasteiger partial charge in [-0.3, -0.25) is 0 Å². The van der Waals surface area contributed by atoms with Crippen LogP contribution in [0.3, 0.4) is 0 Å². The maximum atomic E-state index is 12.1. The van der Waals surface area contributed by atoms with Crippen LogP contribution in [0.1, 0.15) is 79.2 Å². The molecule has 37 heavy (non-hydrogen) atoms. The molecule has 5 nitrogen and oxygen atoms in total. The van der Waals surface area contributed by atoms with Crippen molar-refractivity contribution in [2.75, 3.05) is 38.1 Å². The highest BCUT2D eigenvalue weighted by Crippen LogP contribution is 2.53. The van der Waals surface area contributed by atoms with Gasteiger partial charge in [0.25, 0.3) is 0 Å². The molecule has 0 saturated carbocycles. The van der Waals surface area contributed by atoms with Crippen molar-refractivity contribution in [2.45, 2.75) is 57.4 Å². The Morgan fingerprint density at radius 1 is 0.811 bits per heavy atom. The molecule has 0 bridgehead atoms. The largest absolute Gasteiger partial charge is 0.497 e. The second-order valence-corrected chi connectivity index (χ2v) is 11.8. The lowest BCUT2D eigenvalue weighted by atomic mass is 9.62. The fraction of sp³-hybridized carbons (Fsp3) is 0.406. The second kappa shape index (κ2) is 8.83. The summed E-state index contributed by atoms with van der Waals surface area (Å²) in [5, 5.41) is 0. The van der Waals surface area contributed by atoms with E-state index in [1.165, 1.54) is 35.9 Å². The van der Waals surface area contributed by atoms with Crippen molar-refractivity contribution in [1.29, 1.82) is 0 Å². The third-order valence-corrected chi connectivity index (χ3v) is 8.61. The number of hydrogen-bond donors (Lipinski definition) is 0. The highest BCUT2D eigenvalue weighted by molar-refractivity contribution is 5.89. The normalized spacial score (nSPS) is 19.3. The smallest absolute Gasteiger partial charge is 0.337 e. The summed E-state index contributed by atoms with van der Waals surface area (Å²) in [6, 6.07) is 19.0. The number of rotatable bonds is 3. The summed E-state index contributed by atoms with van der Waals surface area (Å²) >= 11 is 0. The van der Waals surface area contributed by atoms with E-state index in [1.54, 1.807) is 7.11 Å². The molecule has 3 aromatic carbocycles. The summed E-state index contributed by atoms with van der Waals surface area (Å²) in [4.78, 5) is 16.8. The number of carbonyl (C=O) groups excluding carboxylic acids is 1.